The van der Waals surface area contributed by atoms with Crippen LogP contribution in [0.3, 0.4) is 0 Å². The van der Waals surface area contributed by atoms with Crippen LogP contribution in [0.25, 0.3) is 0 Å². The molecular formula is C3H8ClNa. The van der Waals surface area contributed by atoms with E-state index in [1.54, 1.807) is 0 Å². The first-order valence-electron chi connectivity index (χ1n) is 1.37. The van der Waals surface area contributed by atoms with Crippen molar-refractivity contribution in [1.29, 1.82) is 0 Å². The zero-order valence-electron chi connectivity index (χ0n) is 2.96. The van der Waals surface area contributed by atoms with Gasteiger partial charge in [-0.1, -0.05) is 0 Å². The Morgan fingerprint density at radius 1 is 1.40 bits per heavy atom. The summed E-state index contributed by atoms with van der Waals surface area (Å²) in [7, 11) is 0. The molecule has 0 unspecified atom stereocenters. The van der Waals surface area contributed by atoms with Gasteiger partial charge < -0.3 is 0 Å². The van der Waals surface area contributed by atoms with Crippen LogP contribution in [-0.4, -0.2) is 34.9 Å². The maximum absolute atomic E-state index is 5.27. The zero-order valence-corrected chi connectivity index (χ0v) is 3.71. The molecule has 0 N–H and O–H groups in total. The Labute approximate surface area is 60.2 Å². The molecule has 0 heterocycles. The Morgan fingerprint density at radius 3 is 1.40 bits per heavy atom. The van der Waals surface area contributed by atoms with Crippen LogP contribution in [0.15, 0.2) is 0 Å². The van der Waals surface area contributed by atoms with E-state index < -0.39 is 0 Å². The van der Waals surface area contributed by atoms with Crippen molar-refractivity contribution in [3.8, 4) is 0 Å². The molecule has 0 atom stereocenters. The van der Waals surface area contributed by atoms with Crippen molar-refractivity contribution in [3.63, 3.8) is 0 Å². The van der Waals surface area contributed by atoms with Gasteiger partial charge in [0.25, 0.3) is 0 Å². The van der Waals surface area contributed by atoms with Crippen molar-refractivity contribution in [3.05, 3.63) is 0 Å². The van der Waals surface area contributed by atoms with Gasteiger partial charge in [0.2, 0.25) is 0 Å². The predicted molar refractivity (Wildman–Crippen MR) is 28.1 cm³/mol. The van der Waals surface area contributed by atoms with E-state index in [9.17, 15) is 0 Å². The molecule has 0 fully saturated rings. The summed E-state index contributed by atoms with van der Waals surface area (Å²) in [5.41, 5.74) is 0. The van der Waals surface area contributed by atoms with Crippen LogP contribution >= 0.6 is 11.6 Å². The topological polar surface area (TPSA) is 0 Å². The molecule has 0 bridgehead atoms. The van der Waals surface area contributed by atoms with Crippen LogP contribution in [-0.2, 0) is 0 Å². The Kier molecular flexibility index (Phi) is 10.1. The third-order valence-electron chi connectivity index (χ3n) is 0. The van der Waals surface area contributed by atoms with Gasteiger partial charge in [0.15, 0.2) is 0 Å². The zero-order chi connectivity index (χ0) is 3.58. The fraction of sp³-hybridized carbons (Fsp3) is 1.00. The second-order valence-electron chi connectivity index (χ2n) is 1.01. The molecule has 0 rings (SSSR count). The summed E-state index contributed by atoms with van der Waals surface area (Å²) in [6.45, 7) is 3.86. The summed E-state index contributed by atoms with van der Waals surface area (Å²) in [5.74, 6) is 0. The van der Waals surface area contributed by atoms with E-state index in [1.165, 1.54) is 0 Å². The molecule has 5 heavy (non-hydrogen) atoms. The summed E-state index contributed by atoms with van der Waals surface area (Å²) in [4.78, 5) is 0. The number of halogens is 1. The van der Waals surface area contributed by atoms with Crippen LogP contribution in [0.2, 0.25) is 0 Å². The number of hydrogen-bond acceptors (Lipinski definition) is 0. The molecule has 0 aromatic carbocycles. The molecule has 0 radical (unpaired) electrons. The first-order chi connectivity index (χ1) is 1.73. The van der Waals surface area contributed by atoms with E-state index in [0.29, 0.717) is 5.38 Å². The van der Waals surface area contributed by atoms with E-state index in [-0.39, 0.29) is 29.6 Å². The first-order valence-corrected chi connectivity index (χ1v) is 1.81. The molecule has 2 heteroatoms. The third-order valence-corrected chi connectivity index (χ3v) is 0. The Bertz CT molecular complexity index is 11.6. The SMILES string of the molecule is CC(C)Cl.[NaH]. The minimum atomic E-state index is 0. The van der Waals surface area contributed by atoms with Gasteiger partial charge >= 0.3 is 29.6 Å². The molecule has 0 amide bonds. The van der Waals surface area contributed by atoms with Crippen molar-refractivity contribution in [1.82, 2.24) is 0 Å². The molecule has 28 valence electrons. The maximum atomic E-state index is 5.27. The quantitative estimate of drug-likeness (QED) is 0.316. The van der Waals surface area contributed by atoms with Crippen LogP contribution in [0.1, 0.15) is 13.8 Å². The average Bonchev–Trinajstić information content (AvgIpc) is 0.811. The fourth-order valence-electron chi connectivity index (χ4n) is 0. The van der Waals surface area contributed by atoms with Gasteiger partial charge in [-0.15, -0.1) is 11.6 Å². The summed E-state index contributed by atoms with van der Waals surface area (Å²) >= 11 is 5.27. The van der Waals surface area contributed by atoms with Gasteiger partial charge in [0, 0.05) is 5.38 Å². The Morgan fingerprint density at radius 2 is 1.40 bits per heavy atom. The molecule has 0 aromatic heterocycles. The van der Waals surface area contributed by atoms with Crippen molar-refractivity contribution in [2.24, 2.45) is 0 Å². The van der Waals surface area contributed by atoms with Gasteiger partial charge in [0.05, 0.1) is 0 Å². The van der Waals surface area contributed by atoms with Crippen molar-refractivity contribution < 1.29 is 0 Å². The number of alkyl halides is 1. The summed E-state index contributed by atoms with van der Waals surface area (Å²) in [6, 6.07) is 0. The van der Waals surface area contributed by atoms with Crippen LogP contribution in [0, 0.1) is 0 Å². The van der Waals surface area contributed by atoms with Crippen molar-refractivity contribution in [2.45, 2.75) is 19.2 Å². The normalized spacial score (nSPS) is 7.20. The van der Waals surface area contributed by atoms with Crippen LogP contribution in [0.5, 0.6) is 0 Å². The molecule has 0 aromatic rings. The van der Waals surface area contributed by atoms with Crippen LogP contribution in [0.4, 0.5) is 0 Å². The van der Waals surface area contributed by atoms with Gasteiger partial charge in [-0.25, -0.2) is 0 Å². The Hall–Kier alpha value is 1.29. The van der Waals surface area contributed by atoms with E-state index in [0.717, 1.165) is 0 Å². The number of rotatable bonds is 0. The molecule has 0 saturated carbocycles. The van der Waals surface area contributed by atoms with Gasteiger partial charge in [-0.05, 0) is 13.8 Å². The Balaban J connectivity index is 0. The molecule has 0 saturated heterocycles. The summed E-state index contributed by atoms with van der Waals surface area (Å²) < 4.78 is 0. The fourth-order valence-corrected chi connectivity index (χ4v) is 0. The molecule has 0 aliphatic rings. The molecule has 0 aliphatic heterocycles. The van der Waals surface area contributed by atoms with Gasteiger partial charge in [0.1, 0.15) is 0 Å². The van der Waals surface area contributed by atoms with Crippen molar-refractivity contribution >= 4 is 41.2 Å². The average molecular weight is 103 g/mol. The summed E-state index contributed by atoms with van der Waals surface area (Å²) in [5, 5.41) is 0.306. The standard InChI is InChI=1S/C3H7Cl.Na.H/c1-3(2)4;;/h3H,1-2H3;;. The third kappa shape index (κ3) is 34.4. The molecule has 0 nitrogen and oxygen atoms in total. The minimum absolute atomic E-state index is 0. The van der Waals surface area contributed by atoms with E-state index >= 15 is 0 Å². The van der Waals surface area contributed by atoms with Gasteiger partial charge in [-0.3, -0.25) is 0 Å². The van der Waals surface area contributed by atoms with Crippen LogP contribution < -0.4 is 0 Å². The van der Waals surface area contributed by atoms with E-state index in [4.69, 9.17) is 11.6 Å². The monoisotopic (exact) mass is 102 g/mol. The van der Waals surface area contributed by atoms with E-state index in [2.05, 4.69) is 0 Å². The van der Waals surface area contributed by atoms with Crippen molar-refractivity contribution in [2.75, 3.05) is 0 Å². The second-order valence-corrected chi connectivity index (χ2v) is 1.89. The molecule has 0 aliphatic carbocycles. The van der Waals surface area contributed by atoms with E-state index in [1.807, 2.05) is 13.8 Å². The predicted octanol–water partition coefficient (Wildman–Crippen LogP) is 0.985. The second kappa shape index (κ2) is 5.29. The molecular weight excluding hydrogens is 94.5 g/mol. The number of hydrogen-bond donors (Lipinski definition) is 0. The molecule has 0 spiro atoms. The first kappa shape index (κ1) is 9.56. The summed E-state index contributed by atoms with van der Waals surface area (Å²) in [6.07, 6.45) is 0. The van der Waals surface area contributed by atoms with Gasteiger partial charge in [-0.2, -0.15) is 0 Å².